The Kier molecular flexibility index (Phi) is 6.42. The summed E-state index contributed by atoms with van der Waals surface area (Å²) >= 11 is 0. The van der Waals surface area contributed by atoms with Crippen molar-refractivity contribution in [1.29, 1.82) is 0 Å². The highest BCUT2D eigenvalue weighted by Gasteiger charge is 2.33. The molecule has 1 aromatic heterocycles. The minimum absolute atomic E-state index is 0.0620. The van der Waals surface area contributed by atoms with Crippen molar-refractivity contribution in [3.63, 3.8) is 0 Å². The SMILES string of the molecule is COC(=O)CC(=O)CC(O)(CCc1cncnc1)C(C)C. The molecule has 1 unspecified atom stereocenters. The van der Waals surface area contributed by atoms with E-state index in [1.54, 1.807) is 12.4 Å². The number of aliphatic hydroxyl groups is 1. The summed E-state index contributed by atoms with van der Waals surface area (Å²) in [5, 5.41) is 10.7. The first-order valence-electron chi connectivity index (χ1n) is 6.92. The lowest BCUT2D eigenvalue weighted by Gasteiger charge is -2.31. The van der Waals surface area contributed by atoms with Gasteiger partial charge in [-0.1, -0.05) is 13.8 Å². The first-order chi connectivity index (χ1) is 9.87. The third-order valence-electron chi connectivity index (χ3n) is 3.61. The first-order valence-corrected chi connectivity index (χ1v) is 6.92. The number of ketones is 1. The Morgan fingerprint density at radius 3 is 2.48 bits per heavy atom. The normalized spacial score (nSPS) is 13.8. The van der Waals surface area contributed by atoms with E-state index in [-0.39, 0.29) is 24.5 Å². The molecule has 1 atom stereocenters. The van der Waals surface area contributed by atoms with E-state index in [1.807, 2.05) is 13.8 Å². The number of esters is 1. The zero-order valence-electron chi connectivity index (χ0n) is 12.7. The molecule has 0 saturated heterocycles. The molecular weight excluding hydrogens is 272 g/mol. The number of hydrogen-bond donors (Lipinski definition) is 1. The molecule has 0 aliphatic heterocycles. The molecule has 0 aliphatic carbocycles. The standard InChI is InChI=1S/C15H22N2O4/c1-11(2)15(20,7-13(18)6-14(19)21-3)5-4-12-8-16-10-17-9-12/h8-11,20H,4-7H2,1-3H3. The minimum atomic E-state index is -1.15. The maximum absolute atomic E-state index is 11.9. The van der Waals surface area contributed by atoms with E-state index in [2.05, 4.69) is 14.7 Å². The van der Waals surface area contributed by atoms with Crippen LogP contribution in [0.15, 0.2) is 18.7 Å². The number of aryl methyl sites for hydroxylation is 1. The van der Waals surface area contributed by atoms with Crippen LogP contribution in [0.2, 0.25) is 0 Å². The fraction of sp³-hybridized carbons (Fsp3) is 0.600. The summed E-state index contributed by atoms with van der Waals surface area (Å²) in [6.07, 6.45) is 5.42. The molecule has 1 heterocycles. The van der Waals surface area contributed by atoms with Crippen LogP contribution >= 0.6 is 0 Å². The van der Waals surface area contributed by atoms with Crippen molar-refractivity contribution >= 4 is 11.8 Å². The summed E-state index contributed by atoms with van der Waals surface area (Å²) < 4.78 is 4.47. The highest BCUT2D eigenvalue weighted by molar-refractivity contribution is 5.95. The quantitative estimate of drug-likeness (QED) is 0.574. The Morgan fingerprint density at radius 1 is 1.33 bits per heavy atom. The molecule has 1 rings (SSSR count). The van der Waals surface area contributed by atoms with E-state index in [9.17, 15) is 14.7 Å². The second-order valence-corrected chi connectivity index (χ2v) is 5.47. The molecule has 0 saturated carbocycles. The molecule has 0 bridgehead atoms. The number of nitrogens with zero attached hydrogens (tertiary/aromatic N) is 2. The van der Waals surface area contributed by atoms with Gasteiger partial charge in [0.05, 0.1) is 12.7 Å². The van der Waals surface area contributed by atoms with Crippen LogP contribution in [0.3, 0.4) is 0 Å². The molecule has 0 spiro atoms. The molecule has 0 amide bonds. The minimum Gasteiger partial charge on any atom is -0.469 e. The monoisotopic (exact) mass is 294 g/mol. The van der Waals surface area contributed by atoms with Crippen molar-refractivity contribution in [2.75, 3.05) is 7.11 Å². The second kappa shape index (κ2) is 7.83. The molecule has 6 nitrogen and oxygen atoms in total. The first kappa shape index (κ1) is 17.2. The number of hydrogen-bond acceptors (Lipinski definition) is 6. The summed E-state index contributed by atoms with van der Waals surface area (Å²) in [6.45, 7) is 3.71. The molecule has 0 radical (unpaired) electrons. The number of carbonyl (C=O) groups is 2. The Hall–Kier alpha value is -1.82. The number of aromatic nitrogens is 2. The molecule has 21 heavy (non-hydrogen) atoms. The lowest BCUT2D eigenvalue weighted by Crippen LogP contribution is -2.38. The fourth-order valence-electron chi connectivity index (χ4n) is 2.04. The topological polar surface area (TPSA) is 89.4 Å². The van der Waals surface area contributed by atoms with Crippen LogP contribution in [0.1, 0.15) is 38.7 Å². The number of methoxy groups -OCH3 is 1. The van der Waals surface area contributed by atoms with Crippen molar-refractivity contribution in [2.45, 2.75) is 45.1 Å². The van der Waals surface area contributed by atoms with Gasteiger partial charge < -0.3 is 9.84 Å². The molecule has 1 N–H and O–H groups in total. The summed E-state index contributed by atoms with van der Waals surface area (Å²) in [5.74, 6) is -1.01. The van der Waals surface area contributed by atoms with Crippen LogP contribution < -0.4 is 0 Å². The van der Waals surface area contributed by atoms with Gasteiger partial charge >= 0.3 is 5.97 Å². The van der Waals surface area contributed by atoms with Crippen molar-refractivity contribution in [3.8, 4) is 0 Å². The van der Waals surface area contributed by atoms with Gasteiger partial charge in [-0.2, -0.15) is 0 Å². The maximum Gasteiger partial charge on any atom is 0.313 e. The summed E-state index contributed by atoms with van der Waals surface area (Å²) in [6, 6.07) is 0. The number of rotatable bonds is 8. The zero-order valence-corrected chi connectivity index (χ0v) is 12.7. The van der Waals surface area contributed by atoms with Crippen LogP contribution in [-0.4, -0.2) is 39.5 Å². The van der Waals surface area contributed by atoms with Gasteiger partial charge in [-0.3, -0.25) is 9.59 Å². The summed E-state index contributed by atoms with van der Waals surface area (Å²) in [4.78, 5) is 30.8. The lowest BCUT2D eigenvalue weighted by molar-refractivity contribution is -0.144. The van der Waals surface area contributed by atoms with Gasteiger partial charge in [-0.05, 0) is 24.3 Å². The van der Waals surface area contributed by atoms with Gasteiger partial charge in [-0.25, -0.2) is 9.97 Å². The van der Waals surface area contributed by atoms with Gasteiger partial charge in [0, 0.05) is 18.8 Å². The van der Waals surface area contributed by atoms with Crippen molar-refractivity contribution < 1.29 is 19.4 Å². The molecule has 0 aromatic carbocycles. The van der Waals surface area contributed by atoms with E-state index >= 15 is 0 Å². The molecular formula is C15H22N2O4. The van der Waals surface area contributed by atoms with Gasteiger partial charge in [0.2, 0.25) is 0 Å². The summed E-state index contributed by atoms with van der Waals surface area (Å²) in [5.41, 5.74) is -0.252. The third-order valence-corrected chi connectivity index (χ3v) is 3.61. The van der Waals surface area contributed by atoms with E-state index < -0.39 is 11.6 Å². The van der Waals surface area contributed by atoms with Crippen molar-refractivity contribution in [2.24, 2.45) is 5.92 Å². The van der Waals surface area contributed by atoms with Crippen LogP contribution in [0.5, 0.6) is 0 Å². The van der Waals surface area contributed by atoms with Crippen LogP contribution in [0.25, 0.3) is 0 Å². The third kappa shape index (κ3) is 5.59. The average molecular weight is 294 g/mol. The van der Waals surface area contributed by atoms with Gasteiger partial charge in [0.1, 0.15) is 18.5 Å². The average Bonchev–Trinajstić information content (AvgIpc) is 2.45. The van der Waals surface area contributed by atoms with Crippen molar-refractivity contribution in [3.05, 3.63) is 24.3 Å². The number of carbonyl (C=O) groups excluding carboxylic acids is 2. The second-order valence-electron chi connectivity index (χ2n) is 5.47. The Labute approximate surface area is 124 Å². The van der Waals surface area contributed by atoms with E-state index in [1.165, 1.54) is 13.4 Å². The van der Waals surface area contributed by atoms with Crippen LogP contribution in [0, 0.1) is 5.92 Å². The van der Waals surface area contributed by atoms with E-state index in [0.29, 0.717) is 12.8 Å². The molecule has 6 heteroatoms. The molecule has 0 aliphatic rings. The smallest absolute Gasteiger partial charge is 0.313 e. The molecule has 0 fully saturated rings. The van der Waals surface area contributed by atoms with Gasteiger partial charge in [-0.15, -0.1) is 0 Å². The molecule has 116 valence electrons. The fourth-order valence-corrected chi connectivity index (χ4v) is 2.04. The maximum atomic E-state index is 11.9. The van der Waals surface area contributed by atoms with Gasteiger partial charge in [0.25, 0.3) is 0 Å². The predicted octanol–water partition coefficient (Wildman–Crippen LogP) is 1.32. The Morgan fingerprint density at radius 2 is 1.95 bits per heavy atom. The highest BCUT2D eigenvalue weighted by atomic mass is 16.5. The lowest BCUT2D eigenvalue weighted by atomic mass is 9.80. The van der Waals surface area contributed by atoms with Crippen LogP contribution in [0.4, 0.5) is 0 Å². The summed E-state index contributed by atoms with van der Waals surface area (Å²) in [7, 11) is 1.24. The van der Waals surface area contributed by atoms with Crippen molar-refractivity contribution in [1.82, 2.24) is 9.97 Å². The van der Waals surface area contributed by atoms with E-state index in [4.69, 9.17) is 0 Å². The molecule has 1 aromatic rings. The number of Topliss-reactive ketones (excluding diaryl/α,β-unsaturated/α-hetero) is 1. The van der Waals surface area contributed by atoms with Gasteiger partial charge in [0.15, 0.2) is 0 Å². The number of ether oxygens (including phenoxy) is 1. The highest BCUT2D eigenvalue weighted by Crippen LogP contribution is 2.27. The van der Waals surface area contributed by atoms with Crippen LogP contribution in [-0.2, 0) is 20.7 Å². The predicted molar refractivity (Wildman–Crippen MR) is 76.4 cm³/mol. The Bertz CT molecular complexity index is 476. The largest absolute Gasteiger partial charge is 0.469 e. The zero-order chi connectivity index (χ0) is 15.9. The van der Waals surface area contributed by atoms with E-state index in [0.717, 1.165) is 5.56 Å². The Balaban J connectivity index is 2.65.